The van der Waals surface area contributed by atoms with E-state index in [-0.39, 0.29) is 23.2 Å². The average Bonchev–Trinajstić information content (AvgIpc) is 3.44. The smallest absolute Gasteiger partial charge is 0.164 e. The monoisotopic (exact) mass is 415 g/mol. The number of nitrogens with two attached hydrogens (primary N) is 1. The van der Waals surface area contributed by atoms with E-state index in [0.717, 1.165) is 18.7 Å². The van der Waals surface area contributed by atoms with E-state index < -0.39 is 23.0 Å². The summed E-state index contributed by atoms with van der Waals surface area (Å²) in [6.45, 7) is 1.80. The summed E-state index contributed by atoms with van der Waals surface area (Å²) in [7, 11) is 0. The topological polar surface area (TPSA) is 77.0 Å². The molecule has 5 nitrogen and oxygen atoms in total. The number of rotatable bonds is 3. The minimum Gasteiger partial charge on any atom is -0.379 e. The Balaban J connectivity index is 1.59. The van der Waals surface area contributed by atoms with Crippen LogP contribution < -0.4 is 5.73 Å². The molecule has 2 N–H and O–H groups in total. The zero-order chi connectivity index (χ0) is 20.3. The Morgan fingerprint density at radius 3 is 2.83 bits per heavy atom. The van der Waals surface area contributed by atoms with Crippen LogP contribution in [0, 0.1) is 23.4 Å². The van der Waals surface area contributed by atoms with Gasteiger partial charge in [-0.1, -0.05) is 11.8 Å². The SMILES string of the molecule is C[C@]1(c2cc(Cc3ncnc4cc(F)cnc34)cc(F)c2F)N=C(N)S[C@H]2C[C@H]21. The number of aliphatic imine (C=N–C) groups is 1. The lowest BCUT2D eigenvalue weighted by atomic mass is 9.85. The number of benzene rings is 1. The maximum absolute atomic E-state index is 14.8. The van der Waals surface area contributed by atoms with E-state index in [1.54, 1.807) is 13.0 Å². The first-order valence-corrected chi connectivity index (χ1v) is 9.98. The second-order valence-electron chi connectivity index (χ2n) is 7.55. The molecule has 1 aromatic carbocycles. The van der Waals surface area contributed by atoms with Crippen molar-refractivity contribution in [2.45, 2.75) is 30.6 Å². The van der Waals surface area contributed by atoms with E-state index in [4.69, 9.17) is 5.73 Å². The van der Waals surface area contributed by atoms with Gasteiger partial charge >= 0.3 is 0 Å². The first kappa shape index (κ1) is 18.4. The predicted octanol–water partition coefficient (Wildman–Crippen LogP) is 3.70. The zero-order valence-corrected chi connectivity index (χ0v) is 16.2. The van der Waals surface area contributed by atoms with Crippen LogP contribution in [0.4, 0.5) is 13.2 Å². The van der Waals surface area contributed by atoms with Crippen LogP contribution in [-0.2, 0) is 12.0 Å². The third-order valence-electron chi connectivity index (χ3n) is 5.59. The number of amidine groups is 1. The molecule has 0 amide bonds. The van der Waals surface area contributed by atoms with Crippen molar-refractivity contribution < 1.29 is 13.2 Å². The molecule has 1 aliphatic heterocycles. The van der Waals surface area contributed by atoms with Gasteiger partial charge < -0.3 is 5.73 Å². The lowest BCUT2D eigenvalue weighted by Gasteiger charge is -2.30. The molecule has 5 rings (SSSR count). The minimum absolute atomic E-state index is 0.119. The largest absolute Gasteiger partial charge is 0.379 e. The van der Waals surface area contributed by atoms with Gasteiger partial charge in [-0.2, -0.15) is 0 Å². The first-order chi connectivity index (χ1) is 13.8. The van der Waals surface area contributed by atoms with E-state index in [1.165, 1.54) is 24.2 Å². The summed E-state index contributed by atoms with van der Waals surface area (Å²) >= 11 is 1.49. The van der Waals surface area contributed by atoms with Crippen molar-refractivity contribution >= 4 is 28.0 Å². The van der Waals surface area contributed by atoms with Crippen LogP contribution in [0.5, 0.6) is 0 Å². The zero-order valence-electron chi connectivity index (χ0n) is 15.4. The highest BCUT2D eigenvalue weighted by atomic mass is 32.2. The minimum atomic E-state index is -0.944. The van der Waals surface area contributed by atoms with Crippen molar-refractivity contribution in [2.24, 2.45) is 16.6 Å². The summed E-state index contributed by atoms with van der Waals surface area (Å²) in [4.78, 5) is 16.8. The summed E-state index contributed by atoms with van der Waals surface area (Å²) in [5.41, 5.74) is 7.02. The summed E-state index contributed by atoms with van der Waals surface area (Å²) < 4.78 is 42.7. The number of nitrogens with zero attached hydrogens (tertiary/aromatic N) is 4. The van der Waals surface area contributed by atoms with E-state index in [2.05, 4.69) is 19.9 Å². The number of aromatic nitrogens is 3. The van der Waals surface area contributed by atoms with Gasteiger partial charge in [0.1, 0.15) is 17.7 Å². The fourth-order valence-electron chi connectivity index (χ4n) is 4.06. The molecule has 2 aromatic heterocycles. The van der Waals surface area contributed by atoms with Crippen molar-refractivity contribution in [3.05, 3.63) is 65.0 Å². The van der Waals surface area contributed by atoms with Crippen LogP contribution in [-0.4, -0.2) is 25.4 Å². The highest BCUT2D eigenvalue weighted by molar-refractivity contribution is 8.14. The normalized spacial score (nSPS) is 25.6. The van der Waals surface area contributed by atoms with Crippen LogP contribution in [0.25, 0.3) is 11.0 Å². The van der Waals surface area contributed by atoms with Gasteiger partial charge in [0.2, 0.25) is 0 Å². The number of halogens is 3. The maximum Gasteiger partial charge on any atom is 0.164 e. The molecule has 3 heterocycles. The molecule has 0 unspecified atom stereocenters. The molecule has 9 heteroatoms. The molecular weight excluding hydrogens is 399 g/mol. The Labute approximate surface area is 168 Å². The molecule has 0 saturated heterocycles. The van der Waals surface area contributed by atoms with E-state index in [1.807, 2.05) is 0 Å². The molecule has 0 bridgehead atoms. The fraction of sp³-hybridized carbons (Fsp3) is 0.300. The molecule has 0 radical (unpaired) electrons. The molecule has 0 spiro atoms. The van der Waals surface area contributed by atoms with Gasteiger partial charge in [0, 0.05) is 29.2 Å². The van der Waals surface area contributed by atoms with Crippen LogP contribution in [0.1, 0.15) is 30.2 Å². The summed E-state index contributed by atoms with van der Waals surface area (Å²) in [5, 5.41) is 0.679. The summed E-state index contributed by atoms with van der Waals surface area (Å²) in [6, 6.07) is 4.03. The second-order valence-corrected chi connectivity index (χ2v) is 8.81. The number of hydrogen-bond donors (Lipinski definition) is 1. The molecule has 1 fully saturated rings. The lowest BCUT2D eigenvalue weighted by Crippen LogP contribution is -2.32. The quantitative estimate of drug-likeness (QED) is 0.706. The summed E-state index contributed by atoms with van der Waals surface area (Å²) in [6.07, 6.45) is 3.44. The Hall–Kier alpha value is -2.68. The van der Waals surface area contributed by atoms with E-state index in [9.17, 15) is 13.2 Å². The standard InChI is InChI=1S/C20H16F3N5S/c1-20(11-6-16(11)29-19(24)28-20)12-2-9(3-13(22)17(12)23)4-14-18-15(27-8-26-14)5-10(21)7-25-18/h2-3,5,7-8,11,16H,4,6H2,1H3,(H2,24,28)/t11-,16+,20+/m1/s1. The molecule has 2 aliphatic rings. The van der Waals surface area contributed by atoms with Gasteiger partial charge in [-0.15, -0.1) is 0 Å². The molecule has 1 aliphatic carbocycles. The van der Waals surface area contributed by atoms with Gasteiger partial charge in [0.25, 0.3) is 0 Å². The Kier molecular flexibility index (Phi) is 4.06. The van der Waals surface area contributed by atoms with Crippen LogP contribution in [0.3, 0.4) is 0 Å². The van der Waals surface area contributed by atoms with Crippen LogP contribution in [0.15, 0.2) is 35.7 Å². The van der Waals surface area contributed by atoms with Crippen molar-refractivity contribution in [3.8, 4) is 0 Å². The number of fused-ring (bicyclic) bond motifs is 2. The lowest BCUT2D eigenvalue weighted by molar-refractivity contribution is 0.392. The van der Waals surface area contributed by atoms with Gasteiger partial charge in [0.15, 0.2) is 16.8 Å². The molecule has 29 heavy (non-hydrogen) atoms. The highest BCUT2D eigenvalue weighted by Gasteiger charge is 2.55. The molecule has 3 atom stereocenters. The van der Waals surface area contributed by atoms with Crippen molar-refractivity contribution in [3.63, 3.8) is 0 Å². The molecular formula is C20H16F3N5S. The molecule has 148 valence electrons. The second kappa shape index (κ2) is 6.41. The number of thioether (sulfide) groups is 1. The van der Waals surface area contributed by atoms with Crippen molar-refractivity contribution in [1.29, 1.82) is 0 Å². The van der Waals surface area contributed by atoms with Gasteiger partial charge in [0.05, 0.1) is 22.9 Å². The van der Waals surface area contributed by atoms with Crippen LogP contribution in [0.2, 0.25) is 0 Å². The highest BCUT2D eigenvalue weighted by Crippen LogP contribution is 2.57. The maximum atomic E-state index is 14.8. The Morgan fingerprint density at radius 2 is 2.00 bits per heavy atom. The number of pyridine rings is 1. The molecule has 1 saturated carbocycles. The predicted molar refractivity (Wildman–Crippen MR) is 105 cm³/mol. The van der Waals surface area contributed by atoms with Crippen LogP contribution >= 0.6 is 11.8 Å². The summed E-state index contributed by atoms with van der Waals surface area (Å²) in [5.74, 6) is -2.23. The first-order valence-electron chi connectivity index (χ1n) is 9.10. The van der Waals surface area contributed by atoms with E-state index in [0.29, 0.717) is 27.5 Å². The number of hydrogen-bond acceptors (Lipinski definition) is 6. The average molecular weight is 415 g/mol. The van der Waals surface area contributed by atoms with Gasteiger partial charge in [-0.3, -0.25) is 4.99 Å². The van der Waals surface area contributed by atoms with Crippen molar-refractivity contribution in [1.82, 2.24) is 15.0 Å². The molecule has 3 aromatic rings. The Bertz CT molecular complexity index is 1180. The third kappa shape index (κ3) is 3.04. The van der Waals surface area contributed by atoms with E-state index >= 15 is 0 Å². The van der Waals surface area contributed by atoms with Gasteiger partial charge in [-0.05, 0) is 31.0 Å². The van der Waals surface area contributed by atoms with Crippen molar-refractivity contribution in [2.75, 3.05) is 0 Å². The Morgan fingerprint density at radius 1 is 1.17 bits per heavy atom. The third-order valence-corrected chi connectivity index (χ3v) is 6.75. The van der Waals surface area contributed by atoms with Gasteiger partial charge in [-0.25, -0.2) is 28.1 Å². The fourth-order valence-corrected chi connectivity index (χ4v) is 5.34.